The summed E-state index contributed by atoms with van der Waals surface area (Å²) < 4.78 is 7.56. The molecule has 0 aliphatic carbocycles. The Morgan fingerprint density at radius 2 is 1.83 bits per heavy atom. The van der Waals surface area contributed by atoms with E-state index in [1.165, 1.54) is 0 Å². The Morgan fingerprint density at radius 1 is 1.33 bits per heavy atom. The second kappa shape index (κ2) is 6.43. The molecule has 0 bridgehead atoms. The molecule has 1 unspecified atom stereocenters. The van der Waals surface area contributed by atoms with Crippen LogP contribution in [0, 0.1) is 12.3 Å². The third kappa shape index (κ3) is 4.72. The fourth-order valence-corrected chi connectivity index (χ4v) is 1.67. The Hall–Kier alpha value is -0.0900. The van der Waals surface area contributed by atoms with Crippen LogP contribution in [0.1, 0.15) is 27.7 Å². The summed E-state index contributed by atoms with van der Waals surface area (Å²) in [6.45, 7) is 9.05. The van der Waals surface area contributed by atoms with Crippen LogP contribution in [0.4, 0.5) is 0 Å². The minimum atomic E-state index is 0.382. The van der Waals surface area contributed by atoms with Crippen molar-refractivity contribution in [1.29, 1.82) is 0 Å². The van der Waals surface area contributed by atoms with Gasteiger partial charge in [-0.15, -0.1) is 6.42 Å². The molecule has 0 amide bonds. The number of terminal acetylenes is 1. The monoisotopic (exact) mass is 187 g/mol. The quantitative estimate of drug-likeness (QED) is 0.372. The first kappa shape index (κ1) is 11.9. The molecule has 0 heterocycles. The lowest BCUT2D eigenvalue weighted by Gasteiger charge is -2.28. The predicted molar refractivity (Wildman–Crippen MR) is 55.2 cm³/mol. The summed E-state index contributed by atoms with van der Waals surface area (Å²) in [7, 11) is 0.382. The highest BCUT2D eigenvalue weighted by Crippen LogP contribution is 2.24. The topological polar surface area (TPSA) is 12.5 Å². The highest BCUT2D eigenvalue weighted by atomic mass is 31.1. The Bertz CT molecular complexity index is 143. The van der Waals surface area contributed by atoms with Gasteiger partial charge in [-0.1, -0.05) is 5.92 Å². The van der Waals surface area contributed by atoms with E-state index in [9.17, 15) is 0 Å². The van der Waals surface area contributed by atoms with Gasteiger partial charge in [0.2, 0.25) is 0 Å². The summed E-state index contributed by atoms with van der Waals surface area (Å²) in [5, 5.41) is 0. The first-order valence-corrected chi connectivity index (χ1v) is 5.04. The van der Waals surface area contributed by atoms with Gasteiger partial charge in [0.15, 0.2) is 0 Å². The first-order chi connectivity index (χ1) is 5.59. The number of hydrogen-bond acceptors (Lipinski definition) is 2. The molecule has 70 valence electrons. The van der Waals surface area contributed by atoms with E-state index in [2.05, 4.69) is 38.3 Å². The molecule has 0 radical (unpaired) electrons. The van der Waals surface area contributed by atoms with Crippen LogP contribution in [0.15, 0.2) is 0 Å². The zero-order chi connectivity index (χ0) is 9.56. The molecule has 0 fully saturated rings. The van der Waals surface area contributed by atoms with E-state index in [1.807, 2.05) is 0 Å². The Kier molecular flexibility index (Phi) is 6.38. The smallest absolute Gasteiger partial charge is 0.113 e. The van der Waals surface area contributed by atoms with Gasteiger partial charge in [-0.3, -0.25) is 4.67 Å². The van der Waals surface area contributed by atoms with E-state index in [1.54, 1.807) is 0 Å². The van der Waals surface area contributed by atoms with Crippen LogP contribution in [-0.2, 0) is 4.52 Å². The lowest BCUT2D eigenvalue weighted by Crippen LogP contribution is -2.29. The molecule has 2 nitrogen and oxygen atoms in total. The van der Waals surface area contributed by atoms with Gasteiger partial charge in [0.05, 0.1) is 8.96 Å². The molecule has 0 aliphatic heterocycles. The molecule has 0 spiro atoms. The van der Waals surface area contributed by atoms with Crippen molar-refractivity contribution in [3.05, 3.63) is 0 Å². The third-order valence-corrected chi connectivity index (χ3v) is 2.96. The molecule has 0 aromatic carbocycles. The summed E-state index contributed by atoms with van der Waals surface area (Å²) >= 11 is 0. The minimum absolute atomic E-state index is 0.382. The van der Waals surface area contributed by atoms with Crippen molar-refractivity contribution in [2.75, 3.05) is 6.61 Å². The third-order valence-electron chi connectivity index (χ3n) is 1.44. The van der Waals surface area contributed by atoms with Crippen molar-refractivity contribution in [3.63, 3.8) is 0 Å². The van der Waals surface area contributed by atoms with Crippen LogP contribution in [-0.4, -0.2) is 23.4 Å². The lowest BCUT2D eigenvalue weighted by molar-refractivity contribution is 0.283. The summed E-state index contributed by atoms with van der Waals surface area (Å²) in [5.41, 5.74) is 0. The van der Waals surface area contributed by atoms with E-state index in [-0.39, 0.29) is 0 Å². The SMILES string of the molecule is C#CCOPN(C(C)C)C(C)C. The summed E-state index contributed by atoms with van der Waals surface area (Å²) in [6, 6.07) is 1.03. The highest BCUT2D eigenvalue weighted by Gasteiger charge is 2.12. The molecule has 0 saturated carbocycles. The number of rotatable bonds is 5. The largest absolute Gasteiger partial charge is 0.334 e. The van der Waals surface area contributed by atoms with E-state index in [0.29, 0.717) is 27.6 Å². The maximum atomic E-state index is 5.29. The van der Waals surface area contributed by atoms with Gasteiger partial charge in [0, 0.05) is 12.1 Å². The van der Waals surface area contributed by atoms with Gasteiger partial charge in [-0.05, 0) is 27.7 Å². The van der Waals surface area contributed by atoms with E-state index in [0.717, 1.165) is 0 Å². The Morgan fingerprint density at radius 3 is 2.17 bits per heavy atom. The maximum absolute atomic E-state index is 5.29. The average Bonchev–Trinajstić information content (AvgIpc) is 1.96. The second-order valence-corrected chi connectivity index (χ2v) is 4.17. The number of hydrogen-bond donors (Lipinski definition) is 0. The van der Waals surface area contributed by atoms with Crippen molar-refractivity contribution in [1.82, 2.24) is 4.67 Å². The van der Waals surface area contributed by atoms with E-state index in [4.69, 9.17) is 10.9 Å². The normalized spacial score (nSPS) is 12.2. The van der Waals surface area contributed by atoms with Gasteiger partial charge < -0.3 is 4.52 Å². The predicted octanol–water partition coefficient (Wildman–Crippen LogP) is 2.26. The fourth-order valence-electron chi connectivity index (χ4n) is 0.956. The molecular formula is C9H18NOP. The molecule has 0 N–H and O–H groups in total. The van der Waals surface area contributed by atoms with Crippen LogP contribution >= 0.6 is 8.96 Å². The molecule has 0 saturated heterocycles. The van der Waals surface area contributed by atoms with E-state index < -0.39 is 0 Å². The van der Waals surface area contributed by atoms with E-state index >= 15 is 0 Å². The lowest BCUT2D eigenvalue weighted by atomic mass is 10.3. The van der Waals surface area contributed by atoms with Crippen molar-refractivity contribution in [3.8, 4) is 12.3 Å². The first-order valence-electron chi connectivity index (χ1n) is 4.18. The van der Waals surface area contributed by atoms with Crippen LogP contribution in [0.3, 0.4) is 0 Å². The molecule has 12 heavy (non-hydrogen) atoms. The Balaban J connectivity index is 3.74. The molecule has 0 aromatic heterocycles. The summed E-state index contributed by atoms with van der Waals surface area (Å²) in [6.07, 6.45) is 5.08. The zero-order valence-corrected chi connectivity index (χ0v) is 9.29. The molecular weight excluding hydrogens is 169 g/mol. The van der Waals surface area contributed by atoms with Crippen molar-refractivity contribution in [2.45, 2.75) is 39.8 Å². The standard InChI is InChI=1S/C9H18NOP/c1-6-7-11-12-10(8(2)3)9(4)5/h1,8-9,12H,7H2,2-5H3. The van der Waals surface area contributed by atoms with Gasteiger partial charge in [-0.25, -0.2) is 0 Å². The second-order valence-electron chi connectivity index (χ2n) is 3.18. The molecule has 0 rings (SSSR count). The van der Waals surface area contributed by atoms with Crippen molar-refractivity contribution in [2.24, 2.45) is 0 Å². The van der Waals surface area contributed by atoms with Crippen molar-refractivity contribution >= 4 is 8.96 Å². The average molecular weight is 187 g/mol. The fraction of sp³-hybridized carbons (Fsp3) is 0.778. The maximum Gasteiger partial charge on any atom is 0.113 e. The van der Waals surface area contributed by atoms with Crippen LogP contribution in [0.5, 0.6) is 0 Å². The van der Waals surface area contributed by atoms with Crippen molar-refractivity contribution < 1.29 is 4.52 Å². The van der Waals surface area contributed by atoms with Gasteiger partial charge >= 0.3 is 0 Å². The van der Waals surface area contributed by atoms with Crippen LogP contribution < -0.4 is 0 Å². The summed E-state index contributed by atoms with van der Waals surface area (Å²) in [5.74, 6) is 2.46. The Labute approximate surface area is 77.6 Å². The molecule has 0 aromatic rings. The van der Waals surface area contributed by atoms with Crippen LogP contribution in [0.2, 0.25) is 0 Å². The minimum Gasteiger partial charge on any atom is -0.334 e. The zero-order valence-electron chi connectivity index (χ0n) is 8.29. The highest BCUT2D eigenvalue weighted by molar-refractivity contribution is 7.29. The summed E-state index contributed by atoms with van der Waals surface area (Å²) in [4.78, 5) is 0. The van der Waals surface area contributed by atoms with Gasteiger partial charge in [0.1, 0.15) is 6.61 Å². The van der Waals surface area contributed by atoms with Crippen LogP contribution in [0.25, 0.3) is 0 Å². The molecule has 1 atom stereocenters. The molecule has 0 aliphatic rings. The number of nitrogens with zero attached hydrogens (tertiary/aromatic N) is 1. The van der Waals surface area contributed by atoms with Gasteiger partial charge in [-0.2, -0.15) is 0 Å². The molecule has 3 heteroatoms. The van der Waals surface area contributed by atoms with Gasteiger partial charge in [0.25, 0.3) is 0 Å².